The maximum atomic E-state index is 12.3. The first-order valence-electron chi connectivity index (χ1n) is 5.44. The largest absolute Gasteiger partial charge is 0.379 e. The van der Waals surface area contributed by atoms with E-state index in [-0.39, 0.29) is 6.04 Å². The fraction of sp³-hybridized carbons (Fsp3) is 1.00. The number of nitrogens with one attached hydrogen (secondary N) is 1. The molecule has 5 heteroatoms. The van der Waals surface area contributed by atoms with E-state index in [0.717, 1.165) is 32.8 Å². The topological polar surface area (TPSA) is 24.5 Å². The zero-order valence-electron chi connectivity index (χ0n) is 9.38. The van der Waals surface area contributed by atoms with E-state index in [0.29, 0.717) is 0 Å². The van der Waals surface area contributed by atoms with Crippen molar-refractivity contribution in [3.8, 4) is 0 Å². The second kappa shape index (κ2) is 6.35. The molecule has 1 heterocycles. The minimum atomic E-state index is -2.29. The molecule has 0 aromatic heterocycles. The fourth-order valence-electron chi connectivity index (χ4n) is 1.75. The maximum absolute atomic E-state index is 12.3. The van der Waals surface area contributed by atoms with Gasteiger partial charge >= 0.3 is 0 Å². The van der Waals surface area contributed by atoms with Crippen LogP contribution in [-0.4, -0.2) is 56.3 Å². The third-order valence-corrected chi connectivity index (χ3v) is 2.56. The molecule has 0 radical (unpaired) electrons. The van der Waals surface area contributed by atoms with Crippen LogP contribution in [-0.2, 0) is 4.74 Å². The molecule has 1 aliphatic rings. The summed E-state index contributed by atoms with van der Waals surface area (Å²) < 4.78 is 29.8. The van der Waals surface area contributed by atoms with E-state index in [1.54, 1.807) is 0 Å². The van der Waals surface area contributed by atoms with Crippen LogP contribution in [0.1, 0.15) is 13.8 Å². The summed E-state index contributed by atoms with van der Waals surface area (Å²) in [6.45, 7) is 7.55. The lowest BCUT2D eigenvalue weighted by molar-refractivity contribution is 0.0311. The van der Waals surface area contributed by atoms with Crippen molar-refractivity contribution in [3.05, 3.63) is 0 Å². The SMILES string of the molecule is CC(CN1CCOCC1)NC(C)C(F)F. The molecule has 2 unspecified atom stereocenters. The highest BCUT2D eigenvalue weighted by molar-refractivity contribution is 4.74. The summed E-state index contributed by atoms with van der Waals surface area (Å²) in [5.74, 6) is 0. The smallest absolute Gasteiger partial charge is 0.253 e. The quantitative estimate of drug-likeness (QED) is 0.749. The van der Waals surface area contributed by atoms with Gasteiger partial charge in [-0.15, -0.1) is 0 Å². The van der Waals surface area contributed by atoms with Crippen molar-refractivity contribution in [1.82, 2.24) is 10.2 Å². The Morgan fingerprint density at radius 1 is 1.27 bits per heavy atom. The Bertz CT molecular complexity index is 175. The second-order valence-corrected chi connectivity index (χ2v) is 4.10. The van der Waals surface area contributed by atoms with Gasteiger partial charge in [0.1, 0.15) is 0 Å². The molecule has 0 amide bonds. The predicted molar refractivity (Wildman–Crippen MR) is 55.3 cm³/mol. The lowest BCUT2D eigenvalue weighted by atomic mass is 10.2. The summed E-state index contributed by atoms with van der Waals surface area (Å²) >= 11 is 0. The van der Waals surface area contributed by atoms with E-state index in [1.165, 1.54) is 6.92 Å². The molecule has 0 bridgehead atoms. The molecule has 1 saturated heterocycles. The van der Waals surface area contributed by atoms with E-state index >= 15 is 0 Å². The average molecular weight is 222 g/mol. The molecule has 0 aliphatic carbocycles. The Labute approximate surface area is 89.8 Å². The Morgan fingerprint density at radius 3 is 2.40 bits per heavy atom. The number of morpholine rings is 1. The molecule has 1 rings (SSSR count). The van der Waals surface area contributed by atoms with Gasteiger partial charge in [0.15, 0.2) is 0 Å². The number of hydrogen-bond donors (Lipinski definition) is 1. The third-order valence-electron chi connectivity index (χ3n) is 2.56. The summed E-state index contributed by atoms with van der Waals surface area (Å²) in [4.78, 5) is 2.24. The van der Waals surface area contributed by atoms with Gasteiger partial charge in [0.2, 0.25) is 0 Å². The predicted octanol–water partition coefficient (Wildman–Crippen LogP) is 0.950. The zero-order chi connectivity index (χ0) is 11.3. The number of rotatable bonds is 5. The molecule has 1 N–H and O–H groups in total. The first-order chi connectivity index (χ1) is 7.09. The monoisotopic (exact) mass is 222 g/mol. The van der Waals surface area contributed by atoms with Crippen molar-refractivity contribution in [2.75, 3.05) is 32.8 Å². The molecular weight excluding hydrogens is 202 g/mol. The lowest BCUT2D eigenvalue weighted by Crippen LogP contribution is -2.48. The van der Waals surface area contributed by atoms with Crippen molar-refractivity contribution in [1.29, 1.82) is 0 Å². The van der Waals surface area contributed by atoms with E-state index < -0.39 is 12.5 Å². The van der Waals surface area contributed by atoms with Crippen molar-refractivity contribution < 1.29 is 13.5 Å². The van der Waals surface area contributed by atoms with Gasteiger partial charge in [-0.25, -0.2) is 8.78 Å². The van der Waals surface area contributed by atoms with Crippen LogP contribution in [0.2, 0.25) is 0 Å². The Kier molecular flexibility index (Phi) is 5.42. The normalized spacial score (nSPS) is 23.0. The van der Waals surface area contributed by atoms with E-state index in [9.17, 15) is 8.78 Å². The molecule has 2 atom stereocenters. The number of halogens is 2. The minimum absolute atomic E-state index is 0.0899. The highest BCUT2D eigenvalue weighted by Crippen LogP contribution is 2.03. The number of ether oxygens (including phenoxy) is 1. The van der Waals surface area contributed by atoms with Gasteiger partial charge in [-0.05, 0) is 13.8 Å². The van der Waals surface area contributed by atoms with Crippen molar-refractivity contribution in [2.24, 2.45) is 0 Å². The van der Waals surface area contributed by atoms with E-state index in [1.807, 2.05) is 6.92 Å². The highest BCUT2D eigenvalue weighted by atomic mass is 19.3. The van der Waals surface area contributed by atoms with Gasteiger partial charge in [0.05, 0.1) is 19.3 Å². The fourth-order valence-corrected chi connectivity index (χ4v) is 1.75. The number of nitrogens with zero attached hydrogens (tertiary/aromatic N) is 1. The van der Waals surface area contributed by atoms with Gasteiger partial charge in [-0.1, -0.05) is 0 Å². The number of alkyl halides is 2. The molecule has 1 fully saturated rings. The zero-order valence-corrected chi connectivity index (χ0v) is 9.38. The van der Waals surface area contributed by atoms with Crippen LogP contribution in [0, 0.1) is 0 Å². The summed E-state index contributed by atoms with van der Waals surface area (Å²) in [6.07, 6.45) is -2.29. The van der Waals surface area contributed by atoms with Crippen molar-refractivity contribution in [3.63, 3.8) is 0 Å². The van der Waals surface area contributed by atoms with Crippen LogP contribution >= 0.6 is 0 Å². The summed E-state index contributed by atoms with van der Waals surface area (Å²) in [5, 5.41) is 2.89. The van der Waals surface area contributed by atoms with E-state index in [2.05, 4.69) is 10.2 Å². The summed E-state index contributed by atoms with van der Waals surface area (Å²) in [6, 6.07) is -0.645. The summed E-state index contributed by atoms with van der Waals surface area (Å²) in [5.41, 5.74) is 0. The minimum Gasteiger partial charge on any atom is -0.379 e. The van der Waals surface area contributed by atoms with Crippen LogP contribution in [0.3, 0.4) is 0 Å². The van der Waals surface area contributed by atoms with Crippen LogP contribution in [0.5, 0.6) is 0 Å². The standard InChI is InChI=1S/C10H20F2N2O/c1-8(13-9(2)10(11)12)7-14-3-5-15-6-4-14/h8-10,13H,3-7H2,1-2H3. The van der Waals surface area contributed by atoms with Gasteiger partial charge in [-0.3, -0.25) is 4.90 Å². The molecular formula is C10H20F2N2O. The first-order valence-corrected chi connectivity index (χ1v) is 5.44. The average Bonchev–Trinajstić information content (AvgIpc) is 2.18. The Balaban J connectivity index is 2.19. The van der Waals surface area contributed by atoms with Crippen molar-refractivity contribution in [2.45, 2.75) is 32.4 Å². The van der Waals surface area contributed by atoms with Crippen LogP contribution < -0.4 is 5.32 Å². The molecule has 15 heavy (non-hydrogen) atoms. The molecule has 0 spiro atoms. The van der Waals surface area contributed by atoms with Crippen molar-refractivity contribution >= 4 is 0 Å². The van der Waals surface area contributed by atoms with Gasteiger partial charge in [-0.2, -0.15) is 0 Å². The lowest BCUT2D eigenvalue weighted by Gasteiger charge is -2.30. The summed E-state index contributed by atoms with van der Waals surface area (Å²) in [7, 11) is 0. The molecule has 1 aliphatic heterocycles. The van der Waals surface area contributed by atoms with E-state index in [4.69, 9.17) is 4.74 Å². The second-order valence-electron chi connectivity index (χ2n) is 4.10. The van der Waals surface area contributed by atoms with Crippen LogP contribution in [0.15, 0.2) is 0 Å². The Morgan fingerprint density at radius 2 is 1.87 bits per heavy atom. The van der Waals surface area contributed by atoms with Crippen LogP contribution in [0.25, 0.3) is 0 Å². The third kappa shape index (κ3) is 4.86. The van der Waals surface area contributed by atoms with Gasteiger partial charge < -0.3 is 10.1 Å². The Hall–Kier alpha value is -0.260. The molecule has 0 saturated carbocycles. The molecule has 90 valence electrons. The molecule has 0 aromatic carbocycles. The van der Waals surface area contributed by atoms with Crippen LogP contribution in [0.4, 0.5) is 8.78 Å². The van der Waals surface area contributed by atoms with Gasteiger partial charge in [0, 0.05) is 25.7 Å². The first kappa shape index (κ1) is 12.8. The molecule has 0 aromatic rings. The number of hydrogen-bond acceptors (Lipinski definition) is 3. The van der Waals surface area contributed by atoms with Gasteiger partial charge in [0.25, 0.3) is 6.43 Å². The maximum Gasteiger partial charge on any atom is 0.253 e. The highest BCUT2D eigenvalue weighted by Gasteiger charge is 2.19. The molecule has 3 nitrogen and oxygen atoms in total.